The summed E-state index contributed by atoms with van der Waals surface area (Å²) in [7, 11) is 0. The molecule has 18 heavy (non-hydrogen) atoms. The van der Waals surface area contributed by atoms with E-state index in [-0.39, 0.29) is 35.9 Å². The number of ether oxygens (including phenoxy) is 4. The summed E-state index contributed by atoms with van der Waals surface area (Å²) in [6, 6.07) is 0. The van der Waals surface area contributed by atoms with Gasteiger partial charge in [-0.05, 0) is 20.3 Å². The van der Waals surface area contributed by atoms with Crippen LogP contribution in [0.4, 0.5) is 0 Å². The number of esters is 1. The first-order chi connectivity index (χ1) is 8.48. The zero-order chi connectivity index (χ0) is 12.7. The average Bonchev–Trinajstić information content (AvgIpc) is 2.88. The van der Waals surface area contributed by atoms with Crippen LogP contribution >= 0.6 is 0 Å². The smallest absolute Gasteiger partial charge is 0.312 e. The van der Waals surface area contributed by atoms with Crippen LogP contribution in [0.1, 0.15) is 27.2 Å². The number of rotatable bonds is 2. The molecule has 0 aromatic heterocycles. The predicted molar refractivity (Wildman–Crippen MR) is 59.1 cm³/mol. The molecule has 0 spiro atoms. The molecular formula is C13H18O5. The molecule has 5 heteroatoms. The highest BCUT2D eigenvalue weighted by Crippen LogP contribution is 2.67. The Bertz CT molecular complexity index is 424. The van der Waals surface area contributed by atoms with Crippen LogP contribution in [0.3, 0.4) is 0 Å². The van der Waals surface area contributed by atoms with E-state index in [1.807, 2.05) is 20.8 Å². The van der Waals surface area contributed by atoms with Crippen LogP contribution in [0.2, 0.25) is 0 Å². The van der Waals surface area contributed by atoms with Gasteiger partial charge in [0.1, 0.15) is 0 Å². The Kier molecular flexibility index (Phi) is 1.92. The molecule has 6 unspecified atom stereocenters. The quantitative estimate of drug-likeness (QED) is 0.694. The molecule has 100 valence electrons. The maximum Gasteiger partial charge on any atom is 0.312 e. The Labute approximate surface area is 106 Å². The van der Waals surface area contributed by atoms with E-state index in [2.05, 4.69) is 0 Å². The maximum atomic E-state index is 11.9. The summed E-state index contributed by atoms with van der Waals surface area (Å²) in [5, 5.41) is 0. The van der Waals surface area contributed by atoms with Gasteiger partial charge >= 0.3 is 5.97 Å². The lowest BCUT2D eigenvalue weighted by Crippen LogP contribution is -2.36. The average molecular weight is 254 g/mol. The lowest BCUT2D eigenvalue weighted by Gasteiger charge is -2.28. The molecule has 4 rings (SSSR count). The largest absolute Gasteiger partial charge is 0.433 e. The summed E-state index contributed by atoms with van der Waals surface area (Å²) in [6.45, 7) is 6.37. The van der Waals surface area contributed by atoms with E-state index in [1.54, 1.807) is 0 Å². The number of hydrogen-bond acceptors (Lipinski definition) is 5. The molecule has 7 atom stereocenters. The molecule has 5 nitrogen and oxygen atoms in total. The summed E-state index contributed by atoms with van der Waals surface area (Å²) < 4.78 is 23.0. The summed E-state index contributed by atoms with van der Waals surface area (Å²) in [4.78, 5) is 11.9. The van der Waals surface area contributed by atoms with Gasteiger partial charge in [-0.2, -0.15) is 0 Å². The molecule has 0 amide bonds. The lowest BCUT2D eigenvalue weighted by molar-refractivity contribution is -0.319. The standard InChI is InChI=1S/C13H18O5/c1-4-15-11-7-5-6-8-9(7)13(3,17-11)18-12(8,2)16-10(6)14/h6-9,11H,4-5H2,1-3H3/t6?,7?,8?,9?,11-,12?,13?/m1/s1. The van der Waals surface area contributed by atoms with E-state index in [9.17, 15) is 4.79 Å². The lowest BCUT2D eigenvalue weighted by atomic mass is 9.83. The van der Waals surface area contributed by atoms with Crippen molar-refractivity contribution in [2.24, 2.45) is 23.7 Å². The molecule has 1 saturated carbocycles. The molecule has 0 bridgehead atoms. The zero-order valence-electron chi connectivity index (χ0n) is 10.8. The van der Waals surface area contributed by atoms with Gasteiger partial charge in [0.25, 0.3) is 0 Å². The maximum absolute atomic E-state index is 11.9. The topological polar surface area (TPSA) is 54.0 Å². The molecule has 4 fully saturated rings. The molecule has 0 aromatic carbocycles. The zero-order valence-corrected chi connectivity index (χ0v) is 10.8. The van der Waals surface area contributed by atoms with Gasteiger partial charge in [-0.25, -0.2) is 0 Å². The molecule has 0 N–H and O–H groups in total. The summed E-state index contributed by atoms with van der Waals surface area (Å²) in [5.41, 5.74) is 0. The third-order valence-corrected chi connectivity index (χ3v) is 5.06. The first-order valence-electron chi connectivity index (χ1n) is 6.71. The van der Waals surface area contributed by atoms with Crippen molar-refractivity contribution in [1.29, 1.82) is 0 Å². The number of carbonyl (C=O) groups is 1. The third kappa shape index (κ3) is 1.07. The Balaban J connectivity index is 1.75. The SMILES string of the molecule is CCO[C@@H]1OC2(C)OC3(C)OC(=O)C4CC1C2C43. The molecular weight excluding hydrogens is 236 g/mol. The van der Waals surface area contributed by atoms with Gasteiger partial charge in [-0.15, -0.1) is 0 Å². The van der Waals surface area contributed by atoms with Crippen LogP contribution in [0.15, 0.2) is 0 Å². The minimum Gasteiger partial charge on any atom is -0.433 e. The first-order valence-corrected chi connectivity index (χ1v) is 6.71. The second kappa shape index (κ2) is 3.08. The van der Waals surface area contributed by atoms with Crippen molar-refractivity contribution in [1.82, 2.24) is 0 Å². The second-order valence-electron chi connectivity index (χ2n) is 6.05. The van der Waals surface area contributed by atoms with E-state index in [4.69, 9.17) is 18.9 Å². The van der Waals surface area contributed by atoms with E-state index in [1.165, 1.54) is 0 Å². The van der Waals surface area contributed by atoms with Crippen molar-refractivity contribution >= 4 is 5.97 Å². The Morgan fingerprint density at radius 2 is 2.11 bits per heavy atom. The van der Waals surface area contributed by atoms with Gasteiger partial charge in [0.2, 0.25) is 5.79 Å². The molecule has 3 aliphatic heterocycles. The monoisotopic (exact) mass is 254 g/mol. The summed E-state index contributed by atoms with van der Waals surface area (Å²) in [5.74, 6) is -1.06. The molecule has 3 heterocycles. The van der Waals surface area contributed by atoms with Crippen molar-refractivity contribution in [2.75, 3.05) is 6.61 Å². The van der Waals surface area contributed by atoms with E-state index in [0.717, 1.165) is 6.42 Å². The van der Waals surface area contributed by atoms with Crippen molar-refractivity contribution in [3.63, 3.8) is 0 Å². The van der Waals surface area contributed by atoms with Gasteiger partial charge < -0.3 is 18.9 Å². The molecule has 3 saturated heterocycles. The highest BCUT2D eigenvalue weighted by atomic mass is 16.8. The number of carbonyl (C=O) groups excluding carboxylic acids is 1. The van der Waals surface area contributed by atoms with Gasteiger partial charge in [0.05, 0.1) is 5.92 Å². The predicted octanol–water partition coefficient (Wildman–Crippen LogP) is 1.27. The third-order valence-electron chi connectivity index (χ3n) is 5.06. The van der Waals surface area contributed by atoms with Crippen molar-refractivity contribution < 1.29 is 23.7 Å². The molecule has 4 aliphatic rings. The van der Waals surface area contributed by atoms with Crippen molar-refractivity contribution in [3.8, 4) is 0 Å². The van der Waals surface area contributed by atoms with E-state index in [0.29, 0.717) is 6.61 Å². The molecule has 0 radical (unpaired) electrons. The summed E-state index contributed by atoms with van der Waals surface area (Å²) in [6.07, 6.45) is 0.556. The molecule has 0 aromatic rings. The Hall–Kier alpha value is -0.650. The minimum atomic E-state index is -0.799. The summed E-state index contributed by atoms with van der Waals surface area (Å²) >= 11 is 0. The highest BCUT2D eigenvalue weighted by molar-refractivity contribution is 5.76. The van der Waals surface area contributed by atoms with Gasteiger partial charge in [-0.3, -0.25) is 4.79 Å². The van der Waals surface area contributed by atoms with Crippen molar-refractivity contribution in [2.45, 2.75) is 45.1 Å². The van der Waals surface area contributed by atoms with Crippen LogP contribution in [-0.4, -0.2) is 30.4 Å². The van der Waals surface area contributed by atoms with Crippen LogP contribution < -0.4 is 0 Å². The van der Waals surface area contributed by atoms with Gasteiger partial charge in [-0.1, -0.05) is 0 Å². The first kappa shape index (κ1) is 11.2. The van der Waals surface area contributed by atoms with Gasteiger partial charge in [0.15, 0.2) is 12.1 Å². The van der Waals surface area contributed by atoms with E-state index < -0.39 is 11.6 Å². The second-order valence-corrected chi connectivity index (χ2v) is 6.05. The van der Waals surface area contributed by atoms with Crippen LogP contribution in [0.25, 0.3) is 0 Å². The van der Waals surface area contributed by atoms with Crippen LogP contribution in [-0.2, 0) is 23.7 Å². The van der Waals surface area contributed by atoms with Gasteiger partial charge in [0, 0.05) is 31.3 Å². The van der Waals surface area contributed by atoms with Crippen molar-refractivity contribution in [3.05, 3.63) is 0 Å². The fourth-order valence-corrected chi connectivity index (χ4v) is 4.68. The normalized spacial score (nSPS) is 60.2. The Morgan fingerprint density at radius 1 is 1.33 bits per heavy atom. The van der Waals surface area contributed by atoms with E-state index >= 15 is 0 Å². The molecule has 1 aliphatic carbocycles. The minimum absolute atomic E-state index is 0.0429. The fourth-order valence-electron chi connectivity index (χ4n) is 4.68. The Morgan fingerprint density at radius 3 is 2.83 bits per heavy atom. The van der Waals surface area contributed by atoms with Crippen LogP contribution in [0.5, 0.6) is 0 Å². The fraction of sp³-hybridized carbons (Fsp3) is 0.923. The number of hydrogen-bond donors (Lipinski definition) is 0. The highest BCUT2D eigenvalue weighted by Gasteiger charge is 2.77. The van der Waals surface area contributed by atoms with Crippen LogP contribution in [0, 0.1) is 23.7 Å².